The third-order valence-corrected chi connectivity index (χ3v) is 6.84. The van der Waals surface area contributed by atoms with Crippen molar-refractivity contribution in [2.24, 2.45) is 23.2 Å². The van der Waals surface area contributed by atoms with E-state index < -0.39 is 0 Å². The van der Waals surface area contributed by atoms with Gasteiger partial charge in [-0.05, 0) is 88.2 Å². The van der Waals surface area contributed by atoms with Gasteiger partial charge in [0.15, 0.2) is 0 Å². The fraction of sp³-hybridized carbons (Fsp3) is 0.538. The van der Waals surface area contributed by atoms with Gasteiger partial charge < -0.3 is 5.11 Å². The van der Waals surface area contributed by atoms with E-state index in [0.717, 1.165) is 17.8 Å². The lowest BCUT2D eigenvalue weighted by Crippen LogP contribution is -2.47. The van der Waals surface area contributed by atoms with Gasteiger partial charge in [-0.15, -0.1) is 0 Å². The van der Waals surface area contributed by atoms with Crippen molar-refractivity contribution in [1.29, 1.82) is 0 Å². The molecule has 3 atom stereocenters. The smallest absolute Gasteiger partial charge is 0.115 e. The van der Waals surface area contributed by atoms with Crippen LogP contribution in [0.2, 0.25) is 0 Å². The Labute approximate surface area is 166 Å². The van der Waals surface area contributed by atoms with Crippen LogP contribution in [0.25, 0.3) is 0 Å². The van der Waals surface area contributed by atoms with Gasteiger partial charge in [0.2, 0.25) is 0 Å². The van der Waals surface area contributed by atoms with Gasteiger partial charge >= 0.3 is 0 Å². The average molecular weight is 367 g/mol. The first-order valence-corrected chi connectivity index (χ1v) is 10.4. The van der Waals surface area contributed by atoms with Gasteiger partial charge in [0.1, 0.15) is 5.75 Å². The number of hydrogen-bond donors (Lipinski definition) is 1. The quantitative estimate of drug-likeness (QED) is 0.505. The number of rotatable bonds is 1. The fourth-order valence-corrected chi connectivity index (χ4v) is 4.50. The molecule has 2 bridgehead atoms. The summed E-state index contributed by atoms with van der Waals surface area (Å²) in [6.07, 6.45) is 11.4. The lowest BCUT2D eigenvalue weighted by Gasteiger charge is -2.56. The Morgan fingerprint density at radius 2 is 1.74 bits per heavy atom. The predicted molar refractivity (Wildman–Crippen MR) is 118 cm³/mol. The van der Waals surface area contributed by atoms with Crippen LogP contribution < -0.4 is 0 Å². The Bertz CT molecular complexity index is 677. The van der Waals surface area contributed by atoms with Gasteiger partial charge in [-0.25, -0.2) is 0 Å². The van der Waals surface area contributed by atoms with Crippen LogP contribution in [0.4, 0.5) is 0 Å². The Kier molecular flexibility index (Phi) is 7.53. The van der Waals surface area contributed by atoms with Crippen LogP contribution in [-0.4, -0.2) is 5.11 Å². The van der Waals surface area contributed by atoms with Crippen LogP contribution in [0.3, 0.4) is 0 Å². The standard InChI is InChI=1S/2C10H16.C6H6O/c1-7-4-5-8-6-9(7)10(8,2)3;1-8(2)10-6-4-9(3)5-7-10;7-6-4-2-1-3-5-6/h4,8-9H,5-6H2,1-3H3;4,10H,1,5-7H2,2-3H3;1-5,7H. The number of phenols is 1. The summed E-state index contributed by atoms with van der Waals surface area (Å²) in [6, 6.07) is 8.71. The van der Waals surface area contributed by atoms with Crippen molar-refractivity contribution in [3.8, 4) is 5.75 Å². The van der Waals surface area contributed by atoms with Crippen molar-refractivity contribution in [3.05, 3.63) is 65.8 Å². The van der Waals surface area contributed by atoms with Crippen LogP contribution in [0.1, 0.15) is 66.7 Å². The van der Waals surface area contributed by atoms with Crippen molar-refractivity contribution in [1.82, 2.24) is 0 Å². The molecule has 4 aliphatic carbocycles. The average Bonchev–Trinajstić information content (AvgIpc) is 2.63. The lowest BCUT2D eigenvalue weighted by molar-refractivity contribution is -0.00579. The SMILES string of the molecule is C=C(C)C1CC=C(C)CC1.CC1=CCC2CC1C2(C)C.Oc1ccccc1. The van der Waals surface area contributed by atoms with Gasteiger partial charge in [-0.2, -0.15) is 0 Å². The molecule has 3 unspecified atom stereocenters. The molecule has 1 aromatic rings. The molecule has 0 heterocycles. The molecule has 148 valence electrons. The predicted octanol–water partition coefficient (Wildman–Crippen LogP) is 7.70. The summed E-state index contributed by atoms with van der Waals surface area (Å²) >= 11 is 0. The molecule has 0 saturated heterocycles. The molecule has 1 N–H and O–H groups in total. The maximum atomic E-state index is 8.63. The third kappa shape index (κ3) is 5.86. The minimum Gasteiger partial charge on any atom is -0.508 e. The molecule has 1 heteroatoms. The molecular formula is C26H38O. The van der Waals surface area contributed by atoms with E-state index in [4.69, 9.17) is 5.11 Å². The molecule has 1 saturated carbocycles. The van der Waals surface area contributed by atoms with Crippen LogP contribution in [-0.2, 0) is 0 Å². The van der Waals surface area contributed by atoms with Crippen molar-refractivity contribution in [2.45, 2.75) is 66.7 Å². The van der Waals surface area contributed by atoms with E-state index in [0.29, 0.717) is 11.2 Å². The second-order valence-electron chi connectivity index (χ2n) is 9.19. The zero-order chi connectivity index (χ0) is 20.0. The number of benzene rings is 1. The largest absolute Gasteiger partial charge is 0.508 e. The first-order chi connectivity index (χ1) is 12.7. The first kappa shape index (κ1) is 21.5. The summed E-state index contributed by atoms with van der Waals surface area (Å²) in [5.41, 5.74) is 5.19. The fourth-order valence-electron chi connectivity index (χ4n) is 4.50. The monoisotopic (exact) mass is 366 g/mol. The summed E-state index contributed by atoms with van der Waals surface area (Å²) in [6.45, 7) is 15.5. The zero-order valence-corrected chi connectivity index (χ0v) is 18.0. The Morgan fingerprint density at radius 3 is 2.07 bits per heavy atom. The van der Waals surface area contributed by atoms with Gasteiger partial charge in [0.25, 0.3) is 0 Å². The van der Waals surface area contributed by atoms with Gasteiger partial charge in [0, 0.05) is 0 Å². The molecule has 5 rings (SSSR count). The highest BCUT2D eigenvalue weighted by Crippen LogP contribution is 2.58. The maximum Gasteiger partial charge on any atom is 0.115 e. The topological polar surface area (TPSA) is 20.2 Å². The van der Waals surface area contributed by atoms with Crippen molar-refractivity contribution >= 4 is 0 Å². The molecule has 1 nitrogen and oxygen atoms in total. The number of allylic oxidation sites excluding steroid dienone is 5. The van der Waals surface area contributed by atoms with Crippen molar-refractivity contribution in [3.63, 3.8) is 0 Å². The van der Waals surface area contributed by atoms with Crippen LogP contribution >= 0.6 is 0 Å². The number of fused-ring (bicyclic) bond motifs is 1. The Balaban J connectivity index is 0.000000148. The molecule has 0 aliphatic heterocycles. The lowest BCUT2D eigenvalue weighted by atomic mass is 9.49. The van der Waals surface area contributed by atoms with E-state index in [1.807, 2.05) is 6.07 Å². The summed E-state index contributed by atoms with van der Waals surface area (Å²) in [7, 11) is 0. The highest BCUT2D eigenvalue weighted by atomic mass is 16.3. The molecule has 0 aromatic heterocycles. The minimum absolute atomic E-state index is 0.322. The molecule has 4 aliphatic rings. The second kappa shape index (κ2) is 9.44. The van der Waals surface area contributed by atoms with E-state index in [1.54, 1.807) is 35.4 Å². The summed E-state index contributed by atoms with van der Waals surface area (Å²) in [4.78, 5) is 0. The maximum absolute atomic E-state index is 8.63. The van der Waals surface area contributed by atoms with Crippen LogP contribution in [0.15, 0.2) is 65.8 Å². The summed E-state index contributed by atoms with van der Waals surface area (Å²) in [5, 5.41) is 8.63. The Hall–Kier alpha value is -1.76. The molecule has 27 heavy (non-hydrogen) atoms. The van der Waals surface area contributed by atoms with E-state index in [2.05, 4.69) is 53.3 Å². The van der Waals surface area contributed by atoms with Gasteiger partial charge in [-0.1, -0.05) is 67.5 Å². The normalized spacial score (nSPS) is 27.4. The van der Waals surface area contributed by atoms with Crippen LogP contribution in [0, 0.1) is 23.2 Å². The first-order valence-electron chi connectivity index (χ1n) is 10.4. The van der Waals surface area contributed by atoms with E-state index in [-0.39, 0.29) is 0 Å². The van der Waals surface area contributed by atoms with Gasteiger partial charge in [0.05, 0.1) is 0 Å². The van der Waals surface area contributed by atoms with E-state index in [9.17, 15) is 0 Å². The zero-order valence-electron chi connectivity index (χ0n) is 18.0. The number of aromatic hydroxyl groups is 1. The van der Waals surface area contributed by atoms with Gasteiger partial charge in [-0.3, -0.25) is 0 Å². The second-order valence-corrected chi connectivity index (χ2v) is 9.19. The minimum atomic E-state index is 0.322. The summed E-state index contributed by atoms with van der Waals surface area (Å²) < 4.78 is 0. The van der Waals surface area contributed by atoms with E-state index in [1.165, 1.54) is 37.7 Å². The molecule has 0 amide bonds. The van der Waals surface area contributed by atoms with E-state index >= 15 is 0 Å². The number of para-hydroxylation sites is 1. The molecule has 1 aromatic carbocycles. The summed E-state index contributed by atoms with van der Waals surface area (Å²) in [5.74, 6) is 3.01. The molecular weight excluding hydrogens is 328 g/mol. The highest BCUT2D eigenvalue weighted by Gasteiger charge is 2.49. The Morgan fingerprint density at radius 1 is 1.07 bits per heavy atom. The highest BCUT2D eigenvalue weighted by molar-refractivity contribution is 5.21. The molecule has 0 spiro atoms. The number of hydrogen-bond acceptors (Lipinski definition) is 1. The molecule has 0 radical (unpaired) electrons. The third-order valence-electron chi connectivity index (χ3n) is 6.84. The number of phenolic OH excluding ortho intramolecular Hbond substituents is 1. The van der Waals surface area contributed by atoms with Crippen molar-refractivity contribution in [2.75, 3.05) is 0 Å². The molecule has 1 fully saturated rings. The van der Waals surface area contributed by atoms with Crippen LogP contribution in [0.5, 0.6) is 5.75 Å². The van der Waals surface area contributed by atoms with Crippen molar-refractivity contribution < 1.29 is 5.11 Å².